The molecule has 0 radical (unpaired) electrons. The van der Waals surface area contributed by atoms with Gasteiger partial charge in [0.1, 0.15) is 6.61 Å². The number of carbonyl (C=O) groups is 1. The zero-order chi connectivity index (χ0) is 12.5. The monoisotopic (exact) mass is 238 g/mol. The van der Waals surface area contributed by atoms with Crippen molar-refractivity contribution in [3.8, 4) is 5.88 Å². The van der Waals surface area contributed by atoms with E-state index in [0.29, 0.717) is 19.0 Å². The summed E-state index contributed by atoms with van der Waals surface area (Å²) in [5, 5.41) is 2.76. The maximum absolute atomic E-state index is 11.4. The largest absolute Gasteiger partial charge is 0.481 e. The van der Waals surface area contributed by atoms with E-state index in [9.17, 15) is 4.79 Å². The first-order valence-corrected chi connectivity index (χ1v) is 5.59. The van der Waals surface area contributed by atoms with Crippen LogP contribution in [0.25, 0.3) is 0 Å². The minimum absolute atomic E-state index is 0.107. The van der Waals surface area contributed by atoms with Crippen LogP contribution in [0.2, 0.25) is 0 Å². The third-order valence-corrected chi connectivity index (χ3v) is 2.08. The molecule has 1 heterocycles. The zero-order valence-electron chi connectivity index (χ0n) is 10.2. The van der Waals surface area contributed by atoms with Gasteiger partial charge in [0.15, 0.2) is 0 Å². The molecule has 94 valence electrons. The fraction of sp³-hybridized carbons (Fsp3) is 0.500. The Morgan fingerprint density at radius 1 is 1.53 bits per heavy atom. The van der Waals surface area contributed by atoms with E-state index >= 15 is 0 Å². The Morgan fingerprint density at radius 2 is 2.35 bits per heavy atom. The first kappa shape index (κ1) is 13.4. The van der Waals surface area contributed by atoms with Crippen LogP contribution in [0.15, 0.2) is 18.3 Å². The van der Waals surface area contributed by atoms with E-state index in [0.717, 1.165) is 12.0 Å². The summed E-state index contributed by atoms with van der Waals surface area (Å²) in [5.74, 6) is 0.424. The molecular formula is C12H18N2O3. The number of pyridine rings is 1. The van der Waals surface area contributed by atoms with Crippen LogP contribution in [0.1, 0.15) is 18.9 Å². The predicted octanol–water partition coefficient (Wildman–Crippen LogP) is 1.13. The lowest BCUT2D eigenvalue weighted by atomic mass is 10.2. The Bertz CT molecular complexity index is 355. The zero-order valence-corrected chi connectivity index (χ0v) is 10.2. The number of methoxy groups -OCH3 is 1. The molecule has 1 aromatic rings. The summed E-state index contributed by atoms with van der Waals surface area (Å²) >= 11 is 0. The average Bonchev–Trinajstić information content (AvgIpc) is 2.37. The standard InChI is InChI=1S/C12H18N2O3/c1-3-6-17-9-11(15)14-8-10-4-5-13-12(7-10)16-2/h4-5,7H,3,6,8-9H2,1-2H3,(H,14,15). The van der Waals surface area contributed by atoms with Gasteiger partial charge in [-0.3, -0.25) is 4.79 Å². The second-order valence-corrected chi connectivity index (χ2v) is 3.54. The molecule has 17 heavy (non-hydrogen) atoms. The van der Waals surface area contributed by atoms with E-state index < -0.39 is 0 Å². The maximum Gasteiger partial charge on any atom is 0.246 e. The number of carbonyl (C=O) groups excluding carboxylic acids is 1. The minimum atomic E-state index is -0.116. The molecular weight excluding hydrogens is 220 g/mol. The van der Waals surface area contributed by atoms with E-state index in [2.05, 4.69) is 10.3 Å². The van der Waals surface area contributed by atoms with Gasteiger partial charge in [-0.15, -0.1) is 0 Å². The van der Waals surface area contributed by atoms with Crippen LogP contribution in [0.4, 0.5) is 0 Å². The lowest BCUT2D eigenvalue weighted by molar-refractivity contribution is -0.125. The average molecular weight is 238 g/mol. The Morgan fingerprint density at radius 3 is 3.06 bits per heavy atom. The Kier molecular flexibility index (Phi) is 6.03. The molecule has 0 aliphatic rings. The van der Waals surface area contributed by atoms with Crippen molar-refractivity contribution in [1.82, 2.24) is 10.3 Å². The fourth-order valence-corrected chi connectivity index (χ4v) is 1.23. The molecule has 5 heteroatoms. The maximum atomic E-state index is 11.4. The Hall–Kier alpha value is -1.62. The van der Waals surface area contributed by atoms with E-state index in [1.54, 1.807) is 19.4 Å². The van der Waals surface area contributed by atoms with E-state index in [-0.39, 0.29) is 12.5 Å². The fourth-order valence-electron chi connectivity index (χ4n) is 1.23. The number of ether oxygens (including phenoxy) is 2. The first-order chi connectivity index (χ1) is 8.26. The molecule has 0 saturated heterocycles. The van der Waals surface area contributed by atoms with Gasteiger partial charge in [-0.25, -0.2) is 4.98 Å². The van der Waals surface area contributed by atoms with Crippen molar-refractivity contribution >= 4 is 5.91 Å². The van der Waals surface area contributed by atoms with Crippen molar-refractivity contribution < 1.29 is 14.3 Å². The summed E-state index contributed by atoms with van der Waals surface area (Å²) in [4.78, 5) is 15.3. The summed E-state index contributed by atoms with van der Waals surface area (Å²) in [7, 11) is 1.56. The quantitative estimate of drug-likeness (QED) is 0.723. The first-order valence-electron chi connectivity index (χ1n) is 5.59. The Balaban J connectivity index is 2.31. The highest BCUT2D eigenvalue weighted by Crippen LogP contribution is 2.07. The molecule has 0 fully saturated rings. The molecule has 0 aliphatic carbocycles. The van der Waals surface area contributed by atoms with Gasteiger partial charge in [-0.2, -0.15) is 0 Å². The molecule has 0 bridgehead atoms. The highest BCUT2D eigenvalue weighted by Gasteiger charge is 2.02. The molecule has 0 saturated carbocycles. The molecule has 5 nitrogen and oxygen atoms in total. The molecule has 0 aliphatic heterocycles. The highest BCUT2D eigenvalue weighted by atomic mass is 16.5. The summed E-state index contributed by atoms with van der Waals surface area (Å²) in [6.07, 6.45) is 2.56. The molecule has 0 atom stereocenters. The van der Waals surface area contributed by atoms with Crippen molar-refractivity contribution in [3.63, 3.8) is 0 Å². The van der Waals surface area contributed by atoms with Crippen molar-refractivity contribution in [2.45, 2.75) is 19.9 Å². The molecule has 1 N–H and O–H groups in total. The van der Waals surface area contributed by atoms with Crippen LogP contribution in [0, 0.1) is 0 Å². The van der Waals surface area contributed by atoms with E-state index in [1.165, 1.54) is 0 Å². The van der Waals surface area contributed by atoms with Gasteiger partial charge in [0.25, 0.3) is 0 Å². The summed E-state index contributed by atoms with van der Waals surface area (Å²) in [5.41, 5.74) is 0.945. The third kappa shape index (κ3) is 5.31. The number of amides is 1. The molecule has 0 aromatic carbocycles. The van der Waals surface area contributed by atoms with Gasteiger partial charge in [-0.05, 0) is 18.1 Å². The van der Waals surface area contributed by atoms with Crippen LogP contribution in [0.3, 0.4) is 0 Å². The SMILES string of the molecule is CCCOCC(=O)NCc1ccnc(OC)c1. The summed E-state index contributed by atoms with van der Waals surface area (Å²) in [6.45, 7) is 3.17. The minimum Gasteiger partial charge on any atom is -0.481 e. The molecule has 0 spiro atoms. The van der Waals surface area contributed by atoms with Gasteiger partial charge in [0.05, 0.1) is 7.11 Å². The van der Waals surface area contributed by atoms with E-state index in [4.69, 9.17) is 9.47 Å². The second-order valence-electron chi connectivity index (χ2n) is 3.54. The normalized spacial score (nSPS) is 10.0. The van der Waals surface area contributed by atoms with Crippen LogP contribution in [-0.4, -0.2) is 31.2 Å². The van der Waals surface area contributed by atoms with E-state index in [1.807, 2.05) is 13.0 Å². The van der Waals surface area contributed by atoms with Crippen molar-refractivity contribution in [3.05, 3.63) is 23.9 Å². The molecule has 0 unspecified atom stereocenters. The third-order valence-electron chi connectivity index (χ3n) is 2.08. The van der Waals surface area contributed by atoms with Crippen LogP contribution < -0.4 is 10.1 Å². The van der Waals surface area contributed by atoms with Gasteiger partial charge in [-0.1, -0.05) is 6.92 Å². The number of hydrogen-bond acceptors (Lipinski definition) is 4. The van der Waals surface area contributed by atoms with Gasteiger partial charge < -0.3 is 14.8 Å². The van der Waals surface area contributed by atoms with Crippen LogP contribution in [0.5, 0.6) is 5.88 Å². The number of aromatic nitrogens is 1. The lowest BCUT2D eigenvalue weighted by Crippen LogP contribution is -2.27. The van der Waals surface area contributed by atoms with Crippen LogP contribution in [-0.2, 0) is 16.1 Å². The van der Waals surface area contributed by atoms with Gasteiger partial charge >= 0.3 is 0 Å². The smallest absolute Gasteiger partial charge is 0.246 e. The number of nitrogens with zero attached hydrogens (tertiary/aromatic N) is 1. The van der Waals surface area contributed by atoms with Gasteiger partial charge in [0, 0.05) is 25.4 Å². The number of hydrogen-bond donors (Lipinski definition) is 1. The topological polar surface area (TPSA) is 60.5 Å². The Labute approximate surface area is 101 Å². The van der Waals surface area contributed by atoms with Gasteiger partial charge in [0.2, 0.25) is 11.8 Å². The second kappa shape index (κ2) is 7.62. The van der Waals surface area contributed by atoms with Crippen molar-refractivity contribution in [2.75, 3.05) is 20.3 Å². The van der Waals surface area contributed by atoms with Crippen LogP contribution >= 0.6 is 0 Å². The van der Waals surface area contributed by atoms with Crippen molar-refractivity contribution in [1.29, 1.82) is 0 Å². The molecule has 1 amide bonds. The number of nitrogens with one attached hydrogen (secondary N) is 1. The summed E-state index contributed by atoms with van der Waals surface area (Å²) in [6, 6.07) is 3.61. The molecule has 1 aromatic heterocycles. The highest BCUT2D eigenvalue weighted by molar-refractivity contribution is 5.77. The number of rotatable bonds is 7. The molecule has 1 rings (SSSR count). The summed E-state index contributed by atoms with van der Waals surface area (Å²) < 4.78 is 10.1. The lowest BCUT2D eigenvalue weighted by Gasteiger charge is -2.06. The van der Waals surface area contributed by atoms with Crippen molar-refractivity contribution in [2.24, 2.45) is 0 Å². The predicted molar refractivity (Wildman–Crippen MR) is 63.7 cm³/mol.